The van der Waals surface area contributed by atoms with Crippen molar-refractivity contribution in [1.29, 1.82) is 0 Å². The predicted octanol–water partition coefficient (Wildman–Crippen LogP) is 12.1. The summed E-state index contributed by atoms with van der Waals surface area (Å²) in [6, 6.07) is 55.3. The first-order valence-corrected chi connectivity index (χ1v) is 17.1. The second kappa shape index (κ2) is 11.9. The Morgan fingerprint density at radius 1 is 0.442 bits per heavy atom. The van der Waals surface area contributed by atoms with Crippen LogP contribution in [0.5, 0.6) is 0 Å². The van der Waals surface area contributed by atoms with Gasteiger partial charge in [0.05, 0.1) is 17.6 Å². The van der Waals surface area contributed by atoms with Crippen LogP contribution in [0, 0.1) is 6.57 Å². The first-order valence-electron chi connectivity index (χ1n) is 17.1. The molecule has 0 amide bonds. The van der Waals surface area contributed by atoms with Crippen molar-refractivity contribution in [3.8, 4) is 51.0 Å². The van der Waals surface area contributed by atoms with Gasteiger partial charge in [-0.25, -0.2) is 19.8 Å². The minimum absolute atomic E-state index is 0.504. The molecule has 6 heteroatoms. The SMILES string of the molecule is [C-]#[N+]c1cccc2oc3cccc(-c4nc(-c5ccc(-c6ccccc6)cc5)nc(-c5cccc6c5c5ccccc5n6-c5ccccc5)n4)c3c12. The zero-order valence-electron chi connectivity index (χ0n) is 27.7. The molecule has 0 saturated carbocycles. The van der Waals surface area contributed by atoms with E-state index < -0.39 is 0 Å². The van der Waals surface area contributed by atoms with E-state index in [0.29, 0.717) is 34.3 Å². The average molecular weight is 666 g/mol. The van der Waals surface area contributed by atoms with Crippen LogP contribution in [-0.2, 0) is 0 Å². The van der Waals surface area contributed by atoms with Gasteiger partial charge in [-0.2, -0.15) is 0 Å². The van der Waals surface area contributed by atoms with Gasteiger partial charge < -0.3 is 8.98 Å². The van der Waals surface area contributed by atoms with E-state index in [1.807, 2.05) is 60.7 Å². The van der Waals surface area contributed by atoms with E-state index in [9.17, 15) is 0 Å². The van der Waals surface area contributed by atoms with E-state index in [1.54, 1.807) is 0 Å². The fourth-order valence-electron chi connectivity index (χ4n) is 7.38. The van der Waals surface area contributed by atoms with Crippen molar-refractivity contribution in [3.05, 3.63) is 175 Å². The van der Waals surface area contributed by atoms with Crippen molar-refractivity contribution in [2.24, 2.45) is 0 Å². The molecule has 7 aromatic carbocycles. The van der Waals surface area contributed by atoms with Gasteiger partial charge in [0.2, 0.25) is 0 Å². The van der Waals surface area contributed by atoms with Crippen LogP contribution in [-0.4, -0.2) is 19.5 Å². The molecular weight excluding hydrogens is 639 g/mol. The number of hydrogen-bond donors (Lipinski definition) is 0. The standard InChI is InChI=1S/C46H27N5O/c1-47-36-20-12-24-40-43(36)42-35(19-11-23-39(42)52-40)46-49-44(31-27-25-30(26-28-31)29-13-4-2-5-14-29)48-45(50-46)34-18-10-22-38-41(34)33-17-8-9-21-37(33)51(38)32-15-6-3-7-16-32/h2-28H. The van der Waals surface area contributed by atoms with Crippen LogP contribution in [0.25, 0.3) is 99.6 Å². The lowest BCUT2D eigenvalue weighted by Crippen LogP contribution is -2.01. The second-order valence-corrected chi connectivity index (χ2v) is 12.7. The summed E-state index contributed by atoms with van der Waals surface area (Å²) in [6.07, 6.45) is 0. The zero-order valence-corrected chi connectivity index (χ0v) is 27.7. The molecule has 0 aliphatic carbocycles. The summed E-state index contributed by atoms with van der Waals surface area (Å²) in [4.78, 5) is 19.4. The Kier molecular flexibility index (Phi) is 6.76. The minimum Gasteiger partial charge on any atom is -0.457 e. The van der Waals surface area contributed by atoms with E-state index in [1.165, 1.54) is 0 Å². The first-order chi connectivity index (χ1) is 25.7. The Morgan fingerprint density at radius 2 is 1.00 bits per heavy atom. The van der Waals surface area contributed by atoms with Crippen molar-refractivity contribution in [2.45, 2.75) is 0 Å². The smallest absolute Gasteiger partial charge is 0.198 e. The monoisotopic (exact) mass is 665 g/mol. The molecule has 6 nitrogen and oxygen atoms in total. The molecule has 0 aliphatic rings. The summed E-state index contributed by atoms with van der Waals surface area (Å²) in [5.74, 6) is 1.62. The predicted molar refractivity (Wildman–Crippen MR) is 209 cm³/mol. The van der Waals surface area contributed by atoms with Crippen molar-refractivity contribution in [2.75, 3.05) is 0 Å². The maximum Gasteiger partial charge on any atom is 0.198 e. The van der Waals surface area contributed by atoms with Gasteiger partial charge in [-0.1, -0.05) is 127 Å². The van der Waals surface area contributed by atoms with Crippen LogP contribution < -0.4 is 0 Å². The van der Waals surface area contributed by atoms with Gasteiger partial charge in [0, 0.05) is 43.9 Å². The molecule has 0 fully saturated rings. The van der Waals surface area contributed by atoms with E-state index in [-0.39, 0.29) is 0 Å². The normalized spacial score (nSPS) is 11.4. The summed E-state index contributed by atoms with van der Waals surface area (Å²) in [5.41, 5.74) is 9.89. The van der Waals surface area contributed by atoms with Gasteiger partial charge in [-0.3, -0.25) is 0 Å². The molecule has 0 atom stereocenters. The van der Waals surface area contributed by atoms with Gasteiger partial charge in [0.25, 0.3) is 0 Å². The highest BCUT2D eigenvalue weighted by Crippen LogP contribution is 2.42. The van der Waals surface area contributed by atoms with Crippen LogP contribution in [0.3, 0.4) is 0 Å². The molecule has 0 N–H and O–H groups in total. The van der Waals surface area contributed by atoms with E-state index in [2.05, 4.69) is 113 Å². The number of nitrogens with zero attached hydrogens (tertiary/aromatic N) is 5. The third kappa shape index (κ3) is 4.68. The topological polar surface area (TPSA) is 61.1 Å². The molecule has 10 aromatic rings. The van der Waals surface area contributed by atoms with Crippen molar-refractivity contribution >= 4 is 49.4 Å². The molecule has 0 unspecified atom stereocenters. The van der Waals surface area contributed by atoms with Gasteiger partial charge >= 0.3 is 0 Å². The van der Waals surface area contributed by atoms with Gasteiger partial charge in [-0.05, 0) is 47.5 Å². The summed E-state index contributed by atoms with van der Waals surface area (Å²) in [7, 11) is 0. The maximum absolute atomic E-state index is 7.93. The van der Waals surface area contributed by atoms with Crippen LogP contribution >= 0.6 is 0 Å². The summed E-state index contributed by atoms with van der Waals surface area (Å²) >= 11 is 0. The maximum atomic E-state index is 7.93. The highest BCUT2D eigenvalue weighted by atomic mass is 16.3. The lowest BCUT2D eigenvalue weighted by molar-refractivity contribution is 0.669. The highest BCUT2D eigenvalue weighted by Gasteiger charge is 2.22. The number of fused-ring (bicyclic) bond motifs is 6. The summed E-state index contributed by atoms with van der Waals surface area (Å²) in [5, 5.41) is 3.74. The molecule has 242 valence electrons. The lowest BCUT2D eigenvalue weighted by atomic mass is 10.0. The molecule has 0 bridgehead atoms. The summed E-state index contributed by atoms with van der Waals surface area (Å²) < 4.78 is 8.57. The Balaban J connectivity index is 1.26. The molecule has 3 heterocycles. The van der Waals surface area contributed by atoms with Gasteiger partial charge in [-0.15, -0.1) is 0 Å². The Hall–Kier alpha value is -7.36. The first kappa shape index (κ1) is 29.5. The molecule has 52 heavy (non-hydrogen) atoms. The van der Waals surface area contributed by atoms with Crippen LogP contribution in [0.4, 0.5) is 5.69 Å². The fraction of sp³-hybridized carbons (Fsp3) is 0. The van der Waals surface area contributed by atoms with E-state index in [4.69, 9.17) is 25.9 Å². The Bertz CT molecular complexity index is 3010. The number of furan rings is 1. The number of benzene rings is 7. The average Bonchev–Trinajstić information content (AvgIpc) is 3.78. The van der Waals surface area contributed by atoms with Crippen LogP contribution in [0.1, 0.15) is 0 Å². The van der Waals surface area contributed by atoms with Gasteiger partial charge in [0.1, 0.15) is 11.2 Å². The highest BCUT2D eigenvalue weighted by molar-refractivity contribution is 6.17. The fourth-order valence-corrected chi connectivity index (χ4v) is 7.38. The van der Waals surface area contributed by atoms with Gasteiger partial charge in [0.15, 0.2) is 23.2 Å². The summed E-state index contributed by atoms with van der Waals surface area (Å²) in [6.45, 7) is 7.93. The number of rotatable bonds is 5. The lowest BCUT2D eigenvalue weighted by Gasteiger charge is -2.11. The van der Waals surface area contributed by atoms with Crippen molar-refractivity contribution < 1.29 is 4.42 Å². The number of aromatic nitrogens is 4. The molecule has 3 aromatic heterocycles. The van der Waals surface area contributed by atoms with Crippen molar-refractivity contribution in [1.82, 2.24) is 19.5 Å². The second-order valence-electron chi connectivity index (χ2n) is 12.7. The number of para-hydroxylation sites is 2. The van der Waals surface area contributed by atoms with E-state index in [0.717, 1.165) is 66.1 Å². The molecule has 10 rings (SSSR count). The molecule has 0 aliphatic heterocycles. The van der Waals surface area contributed by atoms with Crippen molar-refractivity contribution in [3.63, 3.8) is 0 Å². The largest absolute Gasteiger partial charge is 0.457 e. The third-order valence-electron chi connectivity index (χ3n) is 9.70. The zero-order chi connectivity index (χ0) is 34.6. The Labute approximate surface area is 298 Å². The molecule has 0 spiro atoms. The minimum atomic E-state index is 0.504. The number of hydrogen-bond acceptors (Lipinski definition) is 4. The molecule has 0 saturated heterocycles. The molecule has 0 radical (unpaired) electrons. The molecular formula is C46H27N5O. The Morgan fingerprint density at radius 3 is 1.75 bits per heavy atom. The quantitative estimate of drug-likeness (QED) is 0.172. The third-order valence-corrected chi connectivity index (χ3v) is 9.70. The van der Waals surface area contributed by atoms with E-state index >= 15 is 0 Å². The van der Waals surface area contributed by atoms with Crippen LogP contribution in [0.15, 0.2) is 168 Å². The van der Waals surface area contributed by atoms with Crippen LogP contribution in [0.2, 0.25) is 0 Å².